The Kier molecular flexibility index (Phi) is 4.88. The molecular formula is C20H29N3O3. The fourth-order valence-electron chi connectivity index (χ4n) is 4.93. The van der Waals surface area contributed by atoms with Crippen LogP contribution in [0.15, 0.2) is 18.3 Å². The third kappa shape index (κ3) is 2.89. The predicted molar refractivity (Wildman–Crippen MR) is 99.3 cm³/mol. The Morgan fingerprint density at radius 1 is 1.23 bits per heavy atom. The average Bonchev–Trinajstić information content (AvgIpc) is 2.72. The number of nitrogens with zero attached hydrogens (tertiary/aromatic N) is 3. The first kappa shape index (κ1) is 17.7. The zero-order valence-electron chi connectivity index (χ0n) is 15.6. The lowest BCUT2D eigenvalue weighted by Gasteiger charge is -2.56. The van der Waals surface area contributed by atoms with E-state index in [1.165, 1.54) is 6.42 Å². The lowest BCUT2D eigenvalue weighted by molar-refractivity contribution is -0.190. The number of hydrogen-bond donors (Lipinski definition) is 1. The van der Waals surface area contributed by atoms with E-state index in [0.29, 0.717) is 5.56 Å². The normalized spacial score (nSPS) is 28.1. The maximum atomic E-state index is 13.0. The maximum Gasteiger partial charge on any atom is 0.257 e. The summed E-state index contributed by atoms with van der Waals surface area (Å²) in [5, 5.41) is 10.3. The number of rotatable bonds is 3. The molecule has 26 heavy (non-hydrogen) atoms. The summed E-state index contributed by atoms with van der Waals surface area (Å²) in [6.45, 7) is 3.29. The van der Waals surface area contributed by atoms with E-state index >= 15 is 0 Å². The lowest BCUT2D eigenvalue weighted by atomic mass is 9.58. The smallest absolute Gasteiger partial charge is 0.257 e. The molecule has 6 nitrogen and oxygen atoms in total. The Balaban J connectivity index is 1.50. The Morgan fingerprint density at radius 3 is 2.62 bits per heavy atom. The fourth-order valence-corrected chi connectivity index (χ4v) is 4.93. The molecule has 6 heteroatoms. The van der Waals surface area contributed by atoms with E-state index in [1.54, 1.807) is 13.3 Å². The van der Waals surface area contributed by atoms with Crippen molar-refractivity contribution in [2.24, 2.45) is 5.41 Å². The Bertz CT molecular complexity index is 651. The van der Waals surface area contributed by atoms with Gasteiger partial charge in [0, 0.05) is 51.3 Å². The van der Waals surface area contributed by atoms with Crippen LogP contribution in [0.1, 0.15) is 48.9 Å². The van der Waals surface area contributed by atoms with Gasteiger partial charge in [-0.15, -0.1) is 0 Å². The molecule has 3 fully saturated rings. The number of carbonyl (C=O) groups excluding carboxylic acids is 1. The monoisotopic (exact) mass is 359 g/mol. The Hall–Kier alpha value is -1.66. The van der Waals surface area contributed by atoms with Crippen molar-refractivity contribution in [3.8, 4) is 0 Å². The van der Waals surface area contributed by atoms with Crippen LogP contribution < -0.4 is 4.90 Å². The summed E-state index contributed by atoms with van der Waals surface area (Å²) in [5.74, 6) is 0.896. The minimum atomic E-state index is -0.271. The molecule has 0 aromatic carbocycles. The second-order valence-electron chi connectivity index (χ2n) is 7.92. The van der Waals surface area contributed by atoms with Crippen LogP contribution in [0, 0.1) is 5.41 Å². The quantitative estimate of drug-likeness (QED) is 0.895. The third-order valence-electron chi connectivity index (χ3n) is 6.68. The predicted octanol–water partition coefficient (Wildman–Crippen LogP) is 2.07. The van der Waals surface area contributed by atoms with Gasteiger partial charge in [0.1, 0.15) is 5.82 Å². The molecule has 1 aromatic rings. The second kappa shape index (κ2) is 7.16. The van der Waals surface area contributed by atoms with E-state index in [-0.39, 0.29) is 23.5 Å². The van der Waals surface area contributed by atoms with Gasteiger partial charge in [-0.1, -0.05) is 0 Å². The number of ether oxygens (including phenoxy) is 1. The van der Waals surface area contributed by atoms with E-state index in [0.717, 1.165) is 64.1 Å². The second-order valence-corrected chi connectivity index (χ2v) is 7.92. The molecule has 1 amide bonds. The maximum absolute atomic E-state index is 13.0. The van der Waals surface area contributed by atoms with E-state index in [1.807, 2.05) is 17.0 Å². The third-order valence-corrected chi connectivity index (χ3v) is 6.68. The summed E-state index contributed by atoms with van der Waals surface area (Å²) in [6, 6.07) is 3.75. The number of anilines is 1. The van der Waals surface area contributed by atoms with Crippen LogP contribution in [0.3, 0.4) is 0 Å². The molecule has 1 spiro atoms. The van der Waals surface area contributed by atoms with Crippen LogP contribution in [0.2, 0.25) is 0 Å². The molecule has 142 valence electrons. The van der Waals surface area contributed by atoms with Gasteiger partial charge < -0.3 is 19.6 Å². The Labute approximate surface area is 155 Å². The molecule has 2 aliphatic heterocycles. The number of amides is 1. The zero-order valence-corrected chi connectivity index (χ0v) is 15.6. The number of hydrogen-bond acceptors (Lipinski definition) is 5. The highest BCUT2D eigenvalue weighted by molar-refractivity contribution is 5.99. The summed E-state index contributed by atoms with van der Waals surface area (Å²) in [7, 11) is 1.73. The molecule has 0 radical (unpaired) electrons. The van der Waals surface area contributed by atoms with Gasteiger partial charge in [0.2, 0.25) is 0 Å². The number of likely N-dealkylation sites (tertiary alicyclic amines) is 1. The molecule has 0 unspecified atom stereocenters. The van der Waals surface area contributed by atoms with Gasteiger partial charge in [-0.3, -0.25) is 4.79 Å². The Morgan fingerprint density at radius 2 is 1.96 bits per heavy atom. The van der Waals surface area contributed by atoms with Crippen LogP contribution in [0.25, 0.3) is 0 Å². The number of pyridine rings is 1. The summed E-state index contributed by atoms with van der Waals surface area (Å²) in [6.07, 6.45) is 7.52. The van der Waals surface area contributed by atoms with E-state index < -0.39 is 0 Å². The number of piperidine rings is 2. The number of aromatic nitrogens is 1. The summed E-state index contributed by atoms with van der Waals surface area (Å²) >= 11 is 0. The van der Waals surface area contributed by atoms with Crippen LogP contribution >= 0.6 is 0 Å². The minimum Gasteiger partial charge on any atom is -0.392 e. The first-order chi connectivity index (χ1) is 12.7. The molecule has 3 heterocycles. The van der Waals surface area contributed by atoms with Gasteiger partial charge in [-0.25, -0.2) is 4.98 Å². The van der Waals surface area contributed by atoms with Crippen molar-refractivity contribution in [1.82, 2.24) is 9.88 Å². The molecule has 4 rings (SSSR count). The van der Waals surface area contributed by atoms with Crippen LogP contribution in [0.5, 0.6) is 0 Å². The number of aliphatic hydroxyl groups is 1. The highest BCUT2D eigenvalue weighted by Crippen LogP contribution is 2.51. The first-order valence-corrected chi connectivity index (χ1v) is 9.86. The van der Waals surface area contributed by atoms with Crippen molar-refractivity contribution in [3.05, 3.63) is 23.9 Å². The molecule has 3 aliphatic rings. The molecule has 1 aromatic heterocycles. The molecular weight excluding hydrogens is 330 g/mol. The summed E-state index contributed by atoms with van der Waals surface area (Å²) < 4.78 is 5.58. The number of carbonyl (C=O) groups is 1. The van der Waals surface area contributed by atoms with Gasteiger partial charge in [0.15, 0.2) is 0 Å². The highest BCUT2D eigenvalue weighted by atomic mass is 16.5. The summed E-state index contributed by atoms with van der Waals surface area (Å²) in [5.41, 5.74) is 0.597. The molecule has 0 bridgehead atoms. The van der Waals surface area contributed by atoms with Gasteiger partial charge in [0.05, 0.1) is 17.8 Å². The van der Waals surface area contributed by atoms with Gasteiger partial charge in [0.25, 0.3) is 5.91 Å². The van der Waals surface area contributed by atoms with Gasteiger partial charge >= 0.3 is 0 Å². The van der Waals surface area contributed by atoms with E-state index in [2.05, 4.69) is 9.88 Å². The molecule has 2 saturated heterocycles. The topological polar surface area (TPSA) is 65.9 Å². The summed E-state index contributed by atoms with van der Waals surface area (Å²) in [4.78, 5) is 21.7. The van der Waals surface area contributed by atoms with E-state index in [4.69, 9.17) is 4.74 Å². The van der Waals surface area contributed by atoms with Crippen LogP contribution in [-0.4, -0.2) is 66.4 Å². The molecule has 2 atom stereocenters. The fraction of sp³-hybridized carbons (Fsp3) is 0.700. The average molecular weight is 359 g/mol. The van der Waals surface area contributed by atoms with Crippen LogP contribution in [0.4, 0.5) is 5.82 Å². The first-order valence-electron chi connectivity index (χ1n) is 9.86. The van der Waals surface area contributed by atoms with Crippen molar-refractivity contribution < 1.29 is 14.6 Å². The molecule has 1 aliphatic carbocycles. The zero-order chi connectivity index (χ0) is 18.1. The van der Waals surface area contributed by atoms with E-state index in [9.17, 15) is 9.90 Å². The van der Waals surface area contributed by atoms with Gasteiger partial charge in [-0.05, 0) is 44.2 Å². The SMILES string of the molecule is CO[C@H]1C[C@@H](O)C12CCN(c1ncccc1C(=O)N1CCCCC1)CC2. The van der Waals surface area contributed by atoms with Crippen molar-refractivity contribution in [2.75, 3.05) is 38.2 Å². The lowest BCUT2D eigenvalue weighted by Crippen LogP contribution is -2.62. The van der Waals surface area contributed by atoms with Crippen molar-refractivity contribution in [3.63, 3.8) is 0 Å². The molecule has 1 N–H and O–H groups in total. The van der Waals surface area contributed by atoms with Crippen molar-refractivity contribution >= 4 is 11.7 Å². The van der Waals surface area contributed by atoms with Crippen molar-refractivity contribution in [1.29, 1.82) is 0 Å². The van der Waals surface area contributed by atoms with Crippen LogP contribution in [-0.2, 0) is 4.74 Å². The standard InChI is InChI=1S/C20H29N3O3/c1-26-17-14-16(24)20(17)7-12-22(13-8-20)18-15(6-5-9-21-18)19(25)23-10-3-2-4-11-23/h5-6,9,16-17,24H,2-4,7-8,10-14H2,1H3/t16-,17+/m1/s1. The number of methoxy groups -OCH3 is 1. The number of aliphatic hydroxyl groups excluding tert-OH is 1. The van der Waals surface area contributed by atoms with Gasteiger partial charge in [-0.2, -0.15) is 0 Å². The van der Waals surface area contributed by atoms with Crippen molar-refractivity contribution in [2.45, 2.75) is 50.7 Å². The largest absolute Gasteiger partial charge is 0.392 e. The minimum absolute atomic E-state index is 0.103. The molecule has 1 saturated carbocycles. The highest BCUT2D eigenvalue weighted by Gasteiger charge is 2.56.